The van der Waals surface area contributed by atoms with Gasteiger partial charge in [-0.05, 0) is 35.7 Å². The van der Waals surface area contributed by atoms with E-state index in [1.165, 1.54) is 11.3 Å². The lowest BCUT2D eigenvalue weighted by atomic mass is 10.2. The van der Waals surface area contributed by atoms with E-state index in [-0.39, 0.29) is 18.4 Å². The summed E-state index contributed by atoms with van der Waals surface area (Å²) in [7, 11) is 0. The summed E-state index contributed by atoms with van der Waals surface area (Å²) < 4.78 is 5.83. The first-order valence-corrected chi connectivity index (χ1v) is 12.7. The summed E-state index contributed by atoms with van der Waals surface area (Å²) in [5, 5.41) is 1.84. The fourth-order valence-electron chi connectivity index (χ4n) is 4.35. The fraction of sp³-hybridized carbons (Fsp3) is 0.360. The fourth-order valence-corrected chi connectivity index (χ4v) is 5.15. The van der Waals surface area contributed by atoms with Gasteiger partial charge in [0.1, 0.15) is 22.3 Å². The molecular weight excluding hydrogens is 464 g/mol. The van der Waals surface area contributed by atoms with Crippen LogP contribution in [0, 0.1) is 0 Å². The maximum absolute atomic E-state index is 13.2. The average molecular weight is 493 g/mol. The number of anilines is 2. The Bertz CT molecular complexity index is 1130. The van der Waals surface area contributed by atoms with E-state index in [9.17, 15) is 9.59 Å². The van der Waals surface area contributed by atoms with Crippen LogP contribution in [0.25, 0.3) is 0 Å². The molecule has 10 heteroatoms. The van der Waals surface area contributed by atoms with Gasteiger partial charge < -0.3 is 24.3 Å². The van der Waals surface area contributed by atoms with Gasteiger partial charge in [-0.2, -0.15) is 0 Å². The third kappa shape index (κ3) is 5.37. The van der Waals surface area contributed by atoms with Crippen molar-refractivity contribution in [2.75, 3.05) is 68.8 Å². The standard InChI is InChI=1S/C25H28N6O3S/c32-23(30-14-10-28(11-15-30)21-5-1-3-8-26-21)19-34-20-7-18-35-24(20)25(33)31-16-12-29(13-17-31)22-6-2-4-9-27-22/h1-9,18H,10-17,19H2. The number of carbonyl (C=O) groups is 2. The number of piperazine rings is 2. The van der Waals surface area contributed by atoms with E-state index >= 15 is 0 Å². The molecule has 3 aromatic heterocycles. The maximum Gasteiger partial charge on any atom is 0.267 e. The quantitative estimate of drug-likeness (QED) is 0.522. The van der Waals surface area contributed by atoms with Gasteiger partial charge in [-0.1, -0.05) is 12.1 Å². The van der Waals surface area contributed by atoms with Crippen LogP contribution in [0.5, 0.6) is 5.75 Å². The number of pyridine rings is 2. The molecule has 0 aromatic carbocycles. The number of carbonyl (C=O) groups excluding carboxylic acids is 2. The summed E-state index contributed by atoms with van der Waals surface area (Å²) >= 11 is 1.35. The predicted octanol–water partition coefficient (Wildman–Crippen LogP) is 2.23. The van der Waals surface area contributed by atoms with Crippen LogP contribution in [-0.2, 0) is 4.79 Å². The lowest BCUT2D eigenvalue weighted by Gasteiger charge is -2.35. The lowest BCUT2D eigenvalue weighted by Crippen LogP contribution is -2.50. The molecule has 2 aliphatic heterocycles. The molecule has 0 spiro atoms. The molecule has 35 heavy (non-hydrogen) atoms. The van der Waals surface area contributed by atoms with E-state index in [0.29, 0.717) is 36.8 Å². The molecule has 2 saturated heterocycles. The molecule has 9 nitrogen and oxygen atoms in total. The van der Waals surface area contributed by atoms with Gasteiger partial charge in [-0.15, -0.1) is 11.3 Å². The Balaban J connectivity index is 1.11. The number of thiophene rings is 1. The molecule has 5 rings (SSSR count). The zero-order valence-electron chi connectivity index (χ0n) is 19.5. The summed E-state index contributed by atoms with van der Waals surface area (Å²) in [5.74, 6) is 2.22. The number of hydrogen-bond acceptors (Lipinski definition) is 8. The molecule has 0 saturated carbocycles. The highest BCUT2D eigenvalue weighted by molar-refractivity contribution is 7.12. The predicted molar refractivity (Wildman–Crippen MR) is 135 cm³/mol. The number of amides is 2. The van der Waals surface area contributed by atoms with Gasteiger partial charge in [0.25, 0.3) is 11.8 Å². The molecular formula is C25H28N6O3S. The van der Waals surface area contributed by atoms with Crippen molar-refractivity contribution in [3.05, 3.63) is 65.1 Å². The molecule has 0 atom stereocenters. The van der Waals surface area contributed by atoms with Gasteiger partial charge in [0, 0.05) is 64.8 Å². The Morgan fingerprint density at radius 1 is 0.771 bits per heavy atom. The molecule has 0 aliphatic carbocycles. The molecule has 2 amide bonds. The van der Waals surface area contributed by atoms with Crippen LogP contribution < -0.4 is 14.5 Å². The zero-order valence-corrected chi connectivity index (χ0v) is 20.3. The topological polar surface area (TPSA) is 82.1 Å². The second-order valence-corrected chi connectivity index (χ2v) is 9.34. The number of hydrogen-bond donors (Lipinski definition) is 0. The molecule has 2 fully saturated rings. The van der Waals surface area contributed by atoms with Crippen LogP contribution in [0.1, 0.15) is 9.67 Å². The van der Waals surface area contributed by atoms with Gasteiger partial charge in [0.15, 0.2) is 6.61 Å². The summed E-state index contributed by atoms with van der Waals surface area (Å²) in [6.45, 7) is 5.32. The molecule has 182 valence electrons. The van der Waals surface area contributed by atoms with E-state index in [4.69, 9.17) is 4.74 Å². The van der Waals surface area contributed by atoms with Crippen LogP contribution >= 0.6 is 11.3 Å². The molecule has 0 N–H and O–H groups in total. The van der Waals surface area contributed by atoms with Crippen molar-refractivity contribution in [3.63, 3.8) is 0 Å². The van der Waals surface area contributed by atoms with Crippen LogP contribution in [0.15, 0.2) is 60.2 Å². The minimum atomic E-state index is -0.0753. The summed E-state index contributed by atoms with van der Waals surface area (Å²) in [5.41, 5.74) is 0. The smallest absolute Gasteiger partial charge is 0.267 e. The van der Waals surface area contributed by atoms with Gasteiger partial charge in [0.05, 0.1) is 0 Å². The first-order valence-electron chi connectivity index (χ1n) is 11.8. The van der Waals surface area contributed by atoms with Gasteiger partial charge >= 0.3 is 0 Å². The van der Waals surface area contributed by atoms with Crippen LogP contribution in [0.2, 0.25) is 0 Å². The van der Waals surface area contributed by atoms with E-state index in [1.807, 2.05) is 51.6 Å². The van der Waals surface area contributed by atoms with Crippen LogP contribution in [0.4, 0.5) is 11.6 Å². The molecule has 2 aliphatic rings. The van der Waals surface area contributed by atoms with E-state index in [2.05, 4.69) is 19.8 Å². The zero-order chi connectivity index (χ0) is 24.0. The molecule has 3 aromatic rings. The highest BCUT2D eigenvalue weighted by Crippen LogP contribution is 2.27. The van der Waals surface area contributed by atoms with E-state index < -0.39 is 0 Å². The summed E-state index contributed by atoms with van der Waals surface area (Å²) in [6.07, 6.45) is 3.56. The van der Waals surface area contributed by atoms with Crippen molar-refractivity contribution in [1.82, 2.24) is 19.8 Å². The minimum absolute atomic E-state index is 0.0490. The van der Waals surface area contributed by atoms with Crippen LogP contribution in [0.3, 0.4) is 0 Å². The van der Waals surface area contributed by atoms with Crippen LogP contribution in [-0.4, -0.2) is 90.5 Å². The Kier molecular flexibility index (Phi) is 7.08. The second kappa shape index (κ2) is 10.7. The molecule has 0 radical (unpaired) electrons. The second-order valence-electron chi connectivity index (χ2n) is 8.43. The number of nitrogens with zero attached hydrogens (tertiary/aromatic N) is 6. The Hall–Kier alpha value is -3.66. The Morgan fingerprint density at radius 2 is 1.34 bits per heavy atom. The van der Waals surface area contributed by atoms with Crippen molar-refractivity contribution in [3.8, 4) is 5.75 Å². The highest BCUT2D eigenvalue weighted by Gasteiger charge is 2.27. The van der Waals surface area contributed by atoms with Gasteiger partial charge in [-0.25, -0.2) is 9.97 Å². The minimum Gasteiger partial charge on any atom is -0.482 e. The third-order valence-electron chi connectivity index (χ3n) is 6.32. The highest BCUT2D eigenvalue weighted by atomic mass is 32.1. The normalized spacial score (nSPS) is 16.3. The average Bonchev–Trinajstić information content (AvgIpc) is 3.41. The first-order chi connectivity index (χ1) is 17.2. The Labute approximate surface area is 208 Å². The maximum atomic E-state index is 13.2. The van der Waals surface area contributed by atoms with Crippen molar-refractivity contribution in [2.24, 2.45) is 0 Å². The van der Waals surface area contributed by atoms with Crippen molar-refractivity contribution >= 4 is 34.8 Å². The SMILES string of the molecule is O=C(COc1ccsc1C(=O)N1CCN(c2ccccn2)CC1)N1CCN(c2ccccn2)CC1. The van der Waals surface area contributed by atoms with Crippen molar-refractivity contribution < 1.29 is 14.3 Å². The Morgan fingerprint density at radius 3 is 1.89 bits per heavy atom. The monoisotopic (exact) mass is 492 g/mol. The lowest BCUT2D eigenvalue weighted by molar-refractivity contribution is -0.133. The van der Waals surface area contributed by atoms with Gasteiger partial charge in [-0.3, -0.25) is 9.59 Å². The third-order valence-corrected chi connectivity index (χ3v) is 7.20. The summed E-state index contributed by atoms with van der Waals surface area (Å²) in [6, 6.07) is 13.5. The number of ether oxygens (including phenoxy) is 1. The van der Waals surface area contributed by atoms with E-state index in [1.54, 1.807) is 18.5 Å². The van der Waals surface area contributed by atoms with Crippen molar-refractivity contribution in [2.45, 2.75) is 0 Å². The largest absolute Gasteiger partial charge is 0.482 e. The molecule has 0 unspecified atom stereocenters. The summed E-state index contributed by atoms with van der Waals surface area (Å²) in [4.78, 5) is 43.2. The van der Waals surface area contributed by atoms with Gasteiger partial charge in [0.2, 0.25) is 0 Å². The molecule has 0 bridgehead atoms. The number of aromatic nitrogens is 2. The van der Waals surface area contributed by atoms with Crippen molar-refractivity contribution in [1.29, 1.82) is 0 Å². The molecule has 5 heterocycles. The number of rotatable bonds is 6. The first kappa shape index (κ1) is 23.1. The van der Waals surface area contributed by atoms with E-state index in [0.717, 1.165) is 37.8 Å².